The second-order valence-electron chi connectivity index (χ2n) is 6.67. The van der Waals surface area contributed by atoms with E-state index >= 15 is 0 Å². The fourth-order valence-corrected chi connectivity index (χ4v) is 3.26. The van der Waals surface area contributed by atoms with Gasteiger partial charge in [-0.3, -0.25) is 9.59 Å². The molecule has 2 amide bonds. The zero-order valence-electron chi connectivity index (χ0n) is 16.3. The summed E-state index contributed by atoms with van der Waals surface area (Å²) in [7, 11) is 3.16. The lowest BCUT2D eigenvalue weighted by atomic mass is 9.98. The SMILES string of the molecule is COC1=CCC(C(=O)NC2=C(NC(=O)c3ccc(OC)cc3)CCC(Cl)=C2)C=C1. The molecule has 1 aromatic carbocycles. The summed E-state index contributed by atoms with van der Waals surface area (Å²) in [6.07, 6.45) is 8.81. The highest BCUT2D eigenvalue weighted by atomic mass is 35.5. The van der Waals surface area contributed by atoms with Gasteiger partial charge >= 0.3 is 0 Å². The van der Waals surface area contributed by atoms with Crippen molar-refractivity contribution in [3.05, 3.63) is 76.3 Å². The van der Waals surface area contributed by atoms with E-state index < -0.39 is 0 Å². The van der Waals surface area contributed by atoms with Gasteiger partial charge in [-0.2, -0.15) is 0 Å². The summed E-state index contributed by atoms with van der Waals surface area (Å²) in [6.45, 7) is 0. The Morgan fingerprint density at radius 2 is 1.83 bits per heavy atom. The minimum absolute atomic E-state index is 0.165. The second kappa shape index (κ2) is 9.47. The van der Waals surface area contributed by atoms with Crippen LogP contribution in [0.25, 0.3) is 0 Å². The van der Waals surface area contributed by atoms with Gasteiger partial charge in [-0.25, -0.2) is 0 Å². The Hall–Kier alpha value is -2.99. The maximum absolute atomic E-state index is 12.7. The fourth-order valence-electron chi connectivity index (χ4n) is 3.06. The van der Waals surface area contributed by atoms with Crippen molar-refractivity contribution in [2.75, 3.05) is 14.2 Å². The molecule has 0 bridgehead atoms. The van der Waals surface area contributed by atoms with Crippen LogP contribution in [-0.2, 0) is 9.53 Å². The third kappa shape index (κ3) is 5.29. The van der Waals surface area contributed by atoms with Crippen molar-refractivity contribution >= 4 is 23.4 Å². The average Bonchev–Trinajstić information content (AvgIpc) is 2.75. The first-order chi connectivity index (χ1) is 14.0. The zero-order valence-corrected chi connectivity index (χ0v) is 17.1. The van der Waals surface area contributed by atoms with Crippen molar-refractivity contribution in [3.63, 3.8) is 0 Å². The first-order valence-corrected chi connectivity index (χ1v) is 9.65. The van der Waals surface area contributed by atoms with Crippen molar-refractivity contribution < 1.29 is 19.1 Å². The van der Waals surface area contributed by atoms with Crippen LogP contribution in [0, 0.1) is 5.92 Å². The van der Waals surface area contributed by atoms with Crippen LogP contribution in [0.2, 0.25) is 0 Å². The van der Waals surface area contributed by atoms with E-state index in [2.05, 4.69) is 10.6 Å². The van der Waals surface area contributed by atoms with Crippen LogP contribution >= 0.6 is 11.6 Å². The third-order valence-electron chi connectivity index (χ3n) is 4.75. The van der Waals surface area contributed by atoms with Gasteiger partial charge in [0.2, 0.25) is 5.91 Å². The van der Waals surface area contributed by atoms with Crippen molar-refractivity contribution in [3.8, 4) is 5.75 Å². The molecule has 0 radical (unpaired) electrons. The summed E-state index contributed by atoms with van der Waals surface area (Å²) in [5.41, 5.74) is 1.65. The lowest BCUT2D eigenvalue weighted by Crippen LogP contribution is -2.34. The van der Waals surface area contributed by atoms with Gasteiger partial charge in [0.25, 0.3) is 5.91 Å². The number of hydrogen-bond donors (Lipinski definition) is 2. The molecule has 1 unspecified atom stereocenters. The van der Waals surface area contributed by atoms with Crippen molar-refractivity contribution in [1.29, 1.82) is 0 Å². The van der Waals surface area contributed by atoms with Crippen LogP contribution in [0.3, 0.4) is 0 Å². The molecule has 0 fully saturated rings. The van der Waals surface area contributed by atoms with E-state index in [1.807, 2.05) is 6.08 Å². The van der Waals surface area contributed by atoms with Crippen LogP contribution < -0.4 is 15.4 Å². The zero-order chi connectivity index (χ0) is 20.8. The van der Waals surface area contributed by atoms with Gasteiger partial charge in [0.15, 0.2) is 0 Å². The maximum atomic E-state index is 12.7. The molecule has 0 aliphatic heterocycles. The molecule has 2 aliphatic carbocycles. The molecule has 0 heterocycles. The molecule has 0 saturated carbocycles. The minimum atomic E-state index is -0.311. The molecule has 6 nitrogen and oxygen atoms in total. The highest BCUT2D eigenvalue weighted by molar-refractivity contribution is 6.29. The van der Waals surface area contributed by atoms with Crippen molar-refractivity contribution in [2.45, 2.75) is 19.3 Å². The topological polar surface area (TPSA) is 76.7 Å². The predicted octanol–water partition coefficient (Wildman–Crippen LogP) is 3.78. The van der Waals surface area contributed by atoms with Crippen LogP contribution in [0.5, 0.6) is 5.75 Å². The smallest absolute Gasteiger partial charge is 0.255 e. The van der Waals surface area contributed by atoms with Crippen LogP contribution in [-0.4, -0.2) is 26.0 Å². The van der Waals surface area contributed by atoms with E-state index in [0.717, 1.165) is 5.76 Å². The van der Waals surface area contributed by atoms with Gasteiger partial charge in [0.05, 0.1) is 25.8 Å². The van der Waals surface area contributed by atoms with E-state index in [1.165, 1.54) is 0 Å². The van der Waals surface area contributed by atoms with Crippen molar-refractivity contribution in [1.82, 2.24) is 10.6 Å². The number of ether oxygens (including phenoxy) is 2. The van der Waals surface area contributed by atoms with Crippen LogP contribution in [0.4, 0.5) is 0 Å². The van der Waals surface area contributed by atoms with Gasteiger partial charge in [0.1, 0.15) is 11.5 Å². The highest BCUT2D eigenvalue weighted by Crippen LogP contribution is 2.25. The van der Waals surface area contributed by atoms with E-state index in [1.54, 1.807) is 56.7 Å². The molecule has 0 spiro atoms. The van der Waals surface area contributed by atoms with E-state index in [4.69, 9.17) is 21.1 Å². The first-order valence-electron chi connectivity index (χ1n) is 9.28. The number of hydrogen-bond acceptors (Lipinski definition) is 4. The van der Waals surface area contributed by atoms with Gasteiger partial charge in [-0.05, 0) is 61.8 Å². The quantitative estimate of drug-likeness (QED) is 0.742. The monoisotopic (exact) mass is 414 g/mol. The molecule has 29 heavy (non-hydrogen) atoms. The van der Waals surface area contributed by atoms with Gasteiger partial charge in [-0.15, -0.1) is 0 Å². The summed E-state index contributed by atoms with van der Waals surface area (Å²) in [5, 5.41) is 6.43. The van der Waals surface area contributed by atoms with E-state index in [0.29, 0.717) is 47.0 Å². The summed E-state index contributed by atoms with van der Waals surface area (Å²) < 4.78 is 10.3. The fraction of sp³-hybridized carbons (Fsp3) is 0.273. The number of rotatable bonds is 6. The largest absolute Gasteiger partial charge is 0.497 e. The van der Waals surface area contributed by atoms with Crippen molar-refractivity contribution in [2.24, 2.45) is 5.92 Å². The molecule has 2 aliphatic rings. The Bertz CT molecular complexity index is 913. The number of methoxy groups -OCH3 is 2. The number of amides is 2. The summed E-state index contributed by atoms with van der Waals surface area (Å²) in [5.74, 6) is 0.676. The molecule has 152 valence electrons. The normalized spacial score (nSPS) is 18.5. The highest BCUT2D eigenvalue weighted by Gasteiger charge is 2.22. The number of carbonyl (C=O) groups excluding carboxylic acids is 2. The van der Waals surface area contributed by atoms with Crippen LogP contribution in [0.1, 0.15) is 29.6 Å². The molecular formula is C22H23ClN2O4. The van der Waals surface area contributed by atoms with Gasteiger partial charge < -0.3 is 20.1 Å². The Labute approximate surface area is 174 Å². The lowest BCUT2D eigenvalue weighted by Gasteiger charge is -2.22. The molecule has 1 atom stereocenters. The van der Waals surface area contributed by atoms with Gasteiger partial charge in [-0.1, -0.05) is 17.7 Å². The molecule has 0 aromatic heterocycles. The molecule has 1 aromatic rings. The average molecular weight is 415 g/mol. The maximum Gasteiger partial charge on any atom is 0.255 e. The molecule has 0 saturated heterocycles. The molecular weight excluding hydrogens is 392 g/mol. The first kappa shape index (κ1) is 20.7. The Morgan fingerprint density at radius 1 is 1.07 bits per heavy atom. The summed E-state index contributed by atoms with van der Waals surface area (Å²) in [6, 6.07) is 6.82. The lowest BCUT2D eigenvalue weighted by molar-refractivity contribution is -0.122. The van der Waals surface area contributed by atoms with Gasteiger partial charge in [0, 0.05) is 16.3 Å². The number of nitrogens with one attached hydrogen (secondary N) is 2. The standard InChI is InChI=1S/C22H23ClN2O4/c1-28-17-8-3-14(4-9-17)21(26)24-19-12-7-16(23)13-20(19)25-22(27)15-5-10-18(29-2)11-6-15/h3-5,8-11,13,15H,6-7,12H2,1-2H3,(H,24,26)(H,25,27). The number of halogens is 1. The Balaban J connectivity index is 1.73. The Morgan fingerprint density at radius 3 is 2.45 bits per heavy atom. The summed E-state index contributed by atoms with van der Waals surface area (Å²) >= 11 is 6.18. The number of benzene rings is 1. The van der Waals surface area contributed by atoms with Crippen LogP contribution in [0.15, 0.2) is 70.8 Å². The molecule has 2 N–H and O–H groups in total. The molecule has 3 rings (SSSR count). The Kier molecular flexibility index (Phi) is 6.77. The predicted molar refractivity (Wildman–Crippen MR) is 111 cm³/mol. The number of allylic oxidation sites excluding steroid dienone is 5. The second-order valence-corrected chi connectivity index (χ2v) is 7.15. The van der Waals surface area contributed by atoms with E-state index in [9.17, 15) is 9.59 Å². The summed E-state index contributed by atoms with van der Waals surface area (Å²) in [4.78, 5) is 25.3. The molecule has 7 heteroatoms. The minimum Gasteiger partial charge on any atom is -0.497 e. The number of carbonyl (C=O) groups is 2. The van der Waals surface area contributed by atoms with E-state index in [-0.39, 0.29) is 17.7 Å². The third-order valence-corrected chi connectivity index (χ3v) is 5.05.